The second-order valence-electron chi connectivity index (χ2n) is 8.16. The summed E-state index contributed by atoms with van der Waals surface area (Å²) in [6.45, 7) is 2.99. The van der Waals surface area contributed by atoms with Gasteiger partial charge in [-0.3, -0.25) is 0 Å². The number of methoxy groups -OCH3 is 1. The van der Waals surface area contributed by atoms with Gasteiger partial charge in [-0.1, -0.05) is 0 Å². The fourth-order valence-corrected chi connectivity index (χ4v) is 5.47. The van der Waals surface area contributed by atoms with E-state index in [-0.39, 0.29) is 17.7 Å². The van der Waals surface area contributed by atoms with Crippen LogP contribution in [0.2, 0.25) is 0 Å². The van der Waals surface area contributed by atoms with Crippen LogP contribution < -0.4 is 9.64 Å². The molecule has 2 saturated heterocycles. The molecule has 0 spiro atoms. The molecule has 164 valence electrons. The third-order valence-electron chi connectivity index (χ3n) is 6.06. The SMILES string of the molecule is COc1cc(-c2nccn2[C@@H]2COC[C@H]2CS(=O)(=O)N(C)C)ccc1N1CCCC1. The summed E-state index contributed by atoms with van der Waals surface area (Å²) in [5, 5.41) is 0. The lowest BCUT2D eigenvalue weighted by Crippen LogP contribution is -2.32. The maximum Gasteiger partial charge on any atom is 0.214 e. The van der Waals surface area contributed by atoms with Gasteiger partial charge in [-0.05, 0) is 31.0 Å². The van der Waals surface area contributed by atoms with Crippen molar-refractivity contribution < 1.29 is 17.9 Å². The fraction of sp³-hybridized carbons (Fsp3) is 0.571. The van der Waals surface area contributed by atoms with Crippen LogP contribution in [0.15, 0.2) is 30.6 Å². The number of ether oxygens (including phenoxy) is 2. The van der Waals surface area contributed by atoms with E-state index in [4.69, 9.17) is 9.47 Å². The third kappa shape index (κ3) is 4.06. The van der Waals surface area contributed by atoms with E-state index < -0.39 is 10.0 Å². The summed E-state index contributed by atoms with van der Waals surface area (Å²) in [7, 11) is 1.51. The Hall–Kier alpha value is -2.10. The standard InChI is InChI=1S/C21H30N4O4S/c1-23(2)30(26,27)15-17-13-29-14-19(17)25-11-8-22-21(25)16-6-7-18(20(12-16)28-3)24-9-4-5-10-24/h6-8,11-12,17,19H,4-5,9-10,13-15H2,1-3H3/t17-,19+/m0/s1. The molecule has 9 heteroatoms. The monoisotopic (exact) mass is 434 g/mol. The number of sulfonamides is 1. The number of benzene rings is 1. The van der Waals surface area contributed by atoms with Crippen LogP contribution in [-0.2, 0) is 14.8 Å². The first-order valence-corrected chi connectivity index (χ1v) is 12.0. The highest BCUT2D eigenvalue weighted by atomic mass is 32.2. The minimum absolute atomic E-state index is 0.0551. The average Bonchev–Trinajstić information content (AvgIpc) is 3.48. The molecular formula is C21H30N4O4S. The summed E-state index contributed by atoms with van der Waals surface area (Å²) in [6.07, 6.45) is 6.07. The zero-order valence-corrected chi connectivity index (χ0v) is 18.6. The lowest BCUT2D eigenvalue weighted by molar-refractivity contribution is 0.182. The Kier molecular flexibility index (Phi) is 6.04. The van der Waals surface area contributed by atoms with Gasteiger partial charge in [0.05, 0.1) is 37.8 Å². The van der Waals surface area contributed by atoms with Gasteiger partial charge in [-0.25, -0.2) is 17.7 Å². The van der Waals surface area contributed by atoms with Crippen LogP contribution in [0.5, 0.6) is 5.75 Å². The number of hydrogen-bond donors (Lipinski definition) is 0. The first-order valence-electron chi connectivity index (χ1n) is 10.3. The van der Waals surface area contributed by atoms with Gasteiger partial charge < -0.3 is 18.9 Å². The predicted octanol–water partition coefficient (Wildman–Crippen LogP) is 2.24. The summed E-state index contributed by atoms with van der Waals surface area (Å²) in [5.74, 6) is 1.55. The van der Waals surface area contributed by atoms with Crippen LogP contribution in [-0.4, -0.2) is 75.5 Å². The molecule has 2 atom stereocenters. The summed E-state index contributed by atoms with van der Waals surface area (Å²) in [4.78, 5) is 6.93. The third-order valence-corrected chi connectivity index (χ3v) is 8.02. The molecule has 2 aliphatic heterocycles. The highest BCUT2D eigenvalue weighted by Crippen LogP contribution is 2.37. The van der Waals surface area contributed by atoms with Crippen molar-refractivity contribution in [2.24, 2.45) is 5.92 Å². The number of hydrogen-bond acceptors (Lipinski definition) is 6. The number of rotatable bonds is 7. The Labute approximate surface area is 178 Å². The second-order valence-corrected chi connectivity index (χ2v) is 10.4. The summed E-state index contributed by atoms with van der Waals surface area (Å²) < 4.78 is 39.5. The molecule has 0 unspecified atom stereocenters. The van der Waals surface area contributed by atoms with Crippen molar-refractivity contribution in [2.45, 2.75) is 18.9 Å². The largest absolute Gasteiger partial charge is 0.495 e. The highest BCUT2D eigenvalue weighted by Gasteiger charge is 2.35. The minimum Gasteiger partial charge on any atom is -0.495 e. The lowest BCUT2D eigenvalue weighted by atomic mass is 10.1. The highest BCUT2D eigenvalue weighted by molar-refractivity contribution is 7.89. The quantitative estimate of drug-likeness (QED) is 0.665. The van der Waals surface area contributed by atoms with Gasteiger partial charge in [0.2, 0.25) is 10.0 Å². The smallest absolute Gasteiger partial charge is 0.214 e. The number of aromatic nitrogens is 2. The Bertz CT molecular complexity index is 983. The van der Waals surface area contributed by atoms with Gasteiger partial charge in [0, 0.05) is 51.1 Å². The van der Waals surface area contributed by atoms with E-state index in [0.29, 0.717) is 13.2 Å². The molecule has 1 aromatic heterocycles. The zero-order valence-electron chi connectivity index (χ0n) is 17.8. The zero-order chi connectivity index (χ0) is 21.3. The van der Waals surface area contributed by atoms with Crippen molar-refractivity contribution in [3.63, 3.8) is 0 Å². The number of nitrogens with zero attached hydrogens (tertiary/aromatic N) is 4. The maximum absolute atomic E-state index is 12.4. The van der Waals surface area contributed by atoms with Crippen LogP contribution in [0.25, 0.3) is 11.4 Å². The molecule has 0 N–H and O–H groups in total. The van der Waals surface area contributed by atoms with E-state index in [2.05, 4.69) is 22.0 Å². The summed E-state index contributed by atoms with van der Waals surface area (Å²) >= 11 is 0. The molecule has 2 aromatic rings. The summed E-state index contributed by atoms with van der Waals surface area (Å²) in [5.41, 5.74) is 2.05. The second kappa shape index (κ2) is 8.56. The molecule has 0 bridgehead atoms. The van der Waals surface area contributed by atoms with E-state index in [1.54, 1.807) is 27.4 Å². The van der Waals surface area contributed by atoms with E-state index >= 15 is 0 Å². The molecule has 0 radical (unpaired) electrons. The summed E-state index contributed by atoms with van der Waals surface area (Å²) in [6, 6.07) is 6.10. The van der Waals surface area contributed by atoms with Gasteiger partial charge in [0.15, 0.2) is 0 Å². The molecule has 0 saturated carbocycles. The van der Waals surface area contributed by atoms with E-state index in [1.807, 2.05) is 16.8 Å². The number of anilines is 1. The molecular weight excluding hydrogens is 404 g/mol. The topological polar surface area (TPSA) is 76.9 Å². The first-order chi connectivity index (χ1) is 14.4. The van der Waals surface area contributed by atoms with Crippen LogP contribution in [0.4, 0.5) is 5.69 Å². The maximum atomic E-state index is 12.4. The van der Waals surface area contributed by atoms with Crippen molar-refractivity contribution in [2.75, 3.05) is 58.2 Å². The van der Waals surface area contributed by atoms with Crippen molar-refractivity contribution in [1.29, 1.82) is 0 Å². The van der Waals surface area contributed by atoms with Crippen LogP contribution >= 0.6 is 0 Å². The molecule has 4 rings (SSSR count). The van der Waals surface area contributed by atoms with Crippen molar-refractivity contribution in [3.8, 4) is 17.1 Å². The average molecular weight is 435 g/mol. The van der Waals surface area contributed by atoms with Gasteiger partial charge in [-0.15, -0.1) is 0 Å². The normalized spacial score (nSPS) is 22.2. The molecule has 2 fully saturated rings. The van der Waals surface area contributed by atoms with Crippen LogP contribution in [0.3, 0.4) is 0 Å². The van der Waals surface area contributed by atoms with E-state index in [0.717, 1.165) is 35.9 Å². The van der Waals surface area contributed by atoms with Crippen molar-refractivity contribution >= 4 is 15.7 Å². The molecule has 3 heterocycles. The van der Waals surface area contributed by atoms with Gasteiger partial charge >= 0.3 is 0 Å². The van der Waals surface area contributed by atoms with Gasteiger partial charge in [-0.2, -0.15) is 0 Å². The lowest BCUT2D eigenvalue weighted by Gasteiger charge is -2.24. The van der Waals surface area contributed by atoms with Gasteiger partial charge in [0.25, 0.3) is 0 Å². The Balaban J connectivity index is 1.63. The van der Waals surface area contributed by atoms with Crippen LogP contribution in [0.1, 0.15) is 18.9 Å². The molecule has 0 amide bonds. The van der Waals surface area contributed by atoms with Crippen LogP contribution in [0, 0.1) is 5.92 Å². The van der Waals surface area contributed by atoms with E-state index in [1.165, 1.54) is 17.1 Å². The molecule has 8 nitrogen and oxygen atoms in total. The predicted molar refractivity (Wildman–Crippen MR) is 116 cm³/mol. The number of imidazole rings is 1. The van der Waals surface area contributed by atoms with Crippen molar-refractivity contribution in [1.82, 2.24) is 13.9 Å². The Morgan fingerprint density at radius 1 is 1.23 bits per heavy atom. The molecule has 30 heavy (non-hydrogen) atoms. The molecule has 0 aliphatic carbocycles. The minimum atomic E-state index is -3.31. The Morgan fingerprint density at radius 3 is 2.70 bits per heavy atom. The van der Waals surface area contributed by atoms with Crippen molar-refractivity contribution in [3.05, 3.63) is 30.6 Å². The first kappa shape index (κ1) is 21.1. The van der Waals surface area contributed by atoms with Gasteiger partial charge in [0.1, 0.15) is 11.6 Å². The Morgan fingerprint density at radius 2 is 2.00 bits per heavy atom. The molecule has 2 aliphatic rings. The fourth-order valence-electron chi connectivity index (χ4n) is 4.31. The van der Waals surface area contributed by atoms with E-state index in [9.17, 15) is 8.42 Å². The molecule has 1 aromatic carbocycles.